The van der Waals surface area contributed by atoms with Gasteiger partial charge < -0.3 is 5.32 Å². The molecule has 7 heteroatoms. The second-order valence-corrected chi connectivity index (χ2v) is 6.99. The zero-order valence-corrected chi connectivity index (χ0v) is 14.2. The lowest BCUT2D eigenvalue weighted by molar-refractivity contribution is -0.116. The fraction of sp³-hybridized carbons (Fsp3) is 0.118. The van der Waals surface area contributed by atoms with E-state index < -0.39 is 10.0 Å². The van der Waals surface area contributed by atoms with Crippen molar-refractivity contribution in [3.63, 3.8) is 0 Å². The molecule has 124 valence electrons. The number of carbonyl (C=O) groups excluding carboxylic acids is 1. The molecular weight excluding hydrogens is 348 g/mol. The number of halogens is 1. The number of nitrogens with one attached hydrogen (secondary N) is 2. The summed E-state index contributed by atoms with van der Waals surface area (Å²) >= 11 is 5.87. The molecule has 0 saturated heterocycles. The molecule has 1 amide bonds. The van der Waals surface area contributed by atoms with Crippen LogP contribution in [-0.2, 0) is 14.8 Å². The molecule has 0 aliphatic carbocycles. The Hall–Kier alpha value is -2.33. The summed E-state index contributed by atoms with van der Waals surface area (Å²) in [7, 11) is -3.76. The summed E-state index contributed by atoms with van der Waals surface area (Å²) in [6, 6.07) is 12.9. The van der Waals surface area contributed by atoms with E-state index >= 15 is 0 Å². The van der Waals surface area contributed by atoms with Crippen LogP contribution in [0, 0.1) is 12.3 Å². The standard InChI is InChI=1S/C17H15ClN2O3S/c1-2-13-6-5-7-14(12-13)20-17(21)10-11-19-24(22,23)16-9-4-3-8-15(16)18/h1,3-9,12,19H,10-11H2,(H,20,21). The zero-order chi connectivity index (χ0) is 17.6. The highest BCUT2D eigenvalue weighted by Gasteiger charge is 2.17. The highest BCUT2D eigenvalue weighted by molar-refractivity contribution is 7.89. The van der Waals surface area contributed by atoms with E-state index in [9.17, 15) is 13.2 Å². The summed E-state index contributed by atoms with van der Waals surface area (Å²) < 4.78 is 26.6. The first-order chi connectivity index (χ1) is 11.4. The monoisotopic (exact) mass is 362 g/mol. The number of carbonyl (C=O) groups is 1. The van der Waals surface area contributed by atoms with Gasteiger partial charge in [-0.25, -0.2) is 13.1 Å². The van der Waals surface area contributed by atoms with E-state index in [1.54, 1.807) is 36.4 Å². The molecule has 0 spiro atoms. The van der Waals surface area contributed by atoms with Crippen molar-refractivity contribution in [2.24, 2.45) is 0 Å². The van der Waals surface area contributed by atoms with Crippen molar-refractivity contribution in [1.82, 2.24) is 4.72 Å². The summed E-state index contributed by atoms with van der Waals surface area (Å²) in [5.74, 6) is 2.14. The lowest BCUT2D eigenvalue weighted by atomic mass is 10.2. The normalized spacial score (nSPS) is 10.8. The average Bonchev–Trinajstić information content (AvgIpc) is 2.55. The molecule has 0 radical (unpaired) electrons. The molecule has 0 aromatic heterocycles. The van der Waals surface area contributed by atoms with Crippen LogP contribution in [0.2, 0.25) is 5.02 Å². The zero-order valence-electron chi connectivity index (χ0n) is 12.6. The minimum absolute atomic E-state index is 0.0196. The second-order valence-electron chi connectivity index (χ2n) is 4.85. The lowest BCUT2D eigenvalue weighted by Crippen LogP contribution is -2.28. The lowest BCUT2D eigenvalue weighted by Gasteiger charge is -2.09. The number of amides is 1. The molecule has 0 bridgehead atoms. The molecule has 0 saturated carbocycles. The SMILES string of the molecule is C#Cc1cccc(NC(=O)CCNS(=O)(=O)c2ccccc2Cl)c1. The van der Waals surface area contributed by atoms with Crippen LogP contribution in [0.1, 0.15) is 12.0 Å². The van der Waals surface area contributed by atoms with Crippen molar-refractivity contribution >= 4 is 33.2 Å². The van der Waals surface area contributed by atoms with E-state index in [0.29, 0.717) is 11.3 Å². The van der Waals surface area contributed by atoms with Gasteiger partial charge in [-0.3, -0.25) is 4.79 Å². The summed E-state index contributed by atoms with van der Waals surface area (Å²) in [5.41, 5.74) is 1.21. The maximum Gasteiger partial charge on any atom is 0.242 e. The minimum atomic E-state index is -3.76. The Morgan fingerprint density at radius 3 is 2.62 bits per heavy atom. The second kappa shape index (κ2) is 7.97. The molecule has 24 heavy (non-hydrogen) atoms. The first kappa shape index (κ1) is 18.0. The highest BCUT2D eigenvalue weighted by Crippen LogP contribution is 2.20. The maximum atomic E-state index is 12.1. The number of terminal acetylenes is 1. The Balaban J connectivity index is 1.91. The summed E-state index contributed by atoms with van der Waals surface area (Å²) in [6.07, 6.45) is 5.27. The Bertz CT molecular complexity index is 889. The number of anilines is 1. The maximum absolute atomic E-state index is 12.1. The van der Waals surface area contributed by atoms with Crippen LogP contribution in [0.4, 0.5) is 5.69 Å². The van der Waals surface area contributed by atoms with Crippen molar-refractivity contribution in [1.29, 1.82) is 0 Å². The number of sulfonamides is 1. The molecule has 2 rings (SSSR count). The third kappa shape index (κ3) is 4.83. The van der Waals surface area contributed by atoms with E-state index in [0.717, 1.165) is 0 Å². The van der Waals surface area contributed by atoms with Crippen molar-refractivity contribution in [2.45, 2.75) is 11.3 Å². The molecule has 0 unspecified atom stereocenters. The summed E-state index contributed by atoms with van der Waals surface area (Å²) in [4.78, 5) is 11.9. The van der Waals surface area contributed by atoms with Gasteiger partial charge in [0.15, 0.2) is 0 Å². The molecule has 0 aliphatic rings. The number of hydrogen-bond acceptors (Lipinski definition) is 3. The van der Waals surface area contributed by atoms with E-state index in [1.807, 2.05) is 0 Å². The Morgan fingerprint density at radius 1 is 1.17 bits per heavy atom. The van der Waals surface area contributed by atoms with Crippen LogP contribution in [0.15, 0.2) is 53.4 Å². The Morgan fingerprint density at radius 2 is 1.92 bits per heavy atom. The van der Waals surface area contributed by atoms with Crippen LogP contribution < -0.4 is 10.0 Å². The van der Waals surface area contributed by atoms with Gasteiger partial charge in [-0.1, -0.05) is 35.7 Å². The first-order valence-electron chi connectivity index (χ1n) is 7.03. The van der Waals surface area contributed by atoms with Crippen LogP contribution in [0.3, 0.4) is 0 Å². The van der Waals surface area contributed by atoms with Gasteiger partial charge in [-0.15, -0.1) is 6.42 Å². The molecule has 0 aliphatic heterocycles. The largest absolute Gasteiger partial charge is 0.326 e. The quantitative estimate of drug-likeness (QED) is 0.776. The van der Waals surface area contributed by atoms with Crippen molar-refractivity contribution < 1.29 is 13.2 Å². The Labute approximate surface area is 146 Å². The predicted octanol–water partition coefficient (Wildman–Crippen LogP) is 2.63. The average molecular weight is 363 g/mol. The summed E-state index contributed by atoms with van der Waals surface area (Å²) in [5, 5.41) is 2.78. The van der Waals surface area contributed by atoms with E-state index in [4.69, 9.17) is 18.0 Å². The molecule has 2 aromatic rings. The fourth-order valence-electron chi connectivity index (χ4n) is 1.95. The Kier molecular flexibility index (Phi) is 5.99. The van der Waals surface area contributed by atoms with Gasteiger partial charge in [0, 0.05) is 24.2 Å². The van der Waals surface area contributed by atoms with Crippen LogP contribution >= 0.6 is 11.6 Å². The predicted molar refractivity (Wildman–Crippen MR) is 94.3 cm³/mol. The first-order valence-corrected chi connectivity index (χ1v) is 8.89. The number of hydrogen-bond donors (Lipinski definition) is 2. The van der Waals surface area contributed by atoms with Gasteiger partial charge in [0.05, 0.1) is 5.02 Å². The number of benzene rings is 2. The molecule has 0 fully saturated rings. The van der Waals surface area contributed by atoms with Crippen molar-refractivity contribution in [3.8, 4) is 12.3 Å². The molecular formula is C17H15ClN2O3S. The van der Waals surface area contributed by atoms with Crippen molar-refractivity contribution in [3.05, 3.63) is 59.1 Å². The molecule has 2 aromatic carbocycles. The third-order valence-electron chi connectivity index (χ3n) is 3.08. The van der Waals surface area contributed by atoms with Crippen LogP contribution in [0.5, 0.6) is 0 Å². The van der Waals surface area contributed by atoms with Gasteiger partial charge in [-0.05, 0) is 30.3 Å². The highest BCUT2D eigenvalue weighted by atomic mass is 35.5. The number of rotatable bonds is 6. The van der Waals surface area contributed by atoms with Crippen LogP contribution in [0.25, 0.3) is 0 Å². The fourth-order valence-corrected chi connectivity index (χ4v) is 3.50. The van der Waals surface area contributed by atoms with E-state index in [1.165, 1.54) is 12.1 Å². The smallest absolute Gasteiger partial charge is 0.242 e. The van der Waals surface area contributed by atoms with Crippen LogP contribution in [-0.4, -0.2) is 20.9 Å². The molecule has 0 heterocycles. The molecule has 5 nitrogen and oxygen atoms in total. The summed E-state index contributed by atoms with van der Waals surface area (Å²) in [6.45, 7) is -0.0474. The molecule has 2 N–H and O–H groups in total. The van der Waals surface area contributed by atoms with Gasteiger partial charge in [0.25, 0.3) is 0 Å². The van der Waals surface area contributed by atoms with E-state index in [2.05, 4.69) is 16.0 Å². The third-order valence-corrected chi connectivity index (χ3v) is 5.04. The molecule has 0 atom stereocenters. The van der Waals surface area contributed by atoms with Crippen molar-refractivity contribution in [2.75, 3.05) is 11.9 Å². The van der Waals surface area contributed by atoms with Gasteiger partial charge in [0.2, 0.25) is 15.9 Å². The van der Waals surface area contributed by atoms with Gasteiger partial charge in [-0.2, -0.15) is 0 Å². The van der Waals surface area contributed by atoms with E-state index in [-0.39, 0.29) is 28.8 Å². The topological polar surface area (TPSA) is 75.3 Å². The minimum Gasteiger partial charge on any atom is -0.326 e. The van der Waals surface area contributed by atoms with Gasteiger partial charge >= 0.3 is 0 Å². The van der Waals surface area contributed by atoms with Gasteiger partial charge in [0.1, 0.15) is 4.90 Å².